The number of rotatable bonds is 4. The van der Waals surface area contributed by atoms with Crippen LogP contribution in [0.5, 0.6) is 0 Å². The molecule has 0 unspecified atom stereocenters. The quantitative estimate of drug-likeness (QED) is 0.644. The molecule has 1 aromatic carbocycles. The number of benzene rings is 1. The van der Waals surface area contributed by atoms with Crippen LogP contribution in [0.15, 0.2) is 40.1 Å². The Morgan fingerprint density at radius 1 is 1.33 bits per heavy atom. The molecule has 0 aliphatic carbocycles. The number of esters is 1. The van der Waals surface area contributed by atoms with Crippen molar-refractivity contribution in [1.29, 1.82) is 0 Å². The van der Waals surface area contributed by atoms with E-state index >= 15 is 0 Å². The van der Waals surface area contributed by atoms with Gasteiger partial charge in [0.25, 0.3) is 0 Å². The van der Waals surface area contributed by atoms with Crippen LogP contribution in [0.1, 0.15) is 27.4 Å². The maximum Gasteiger partial charge on any atom is 0.337 e. The zero-order chi connectivity index (χ0) is 19.0. The minimum atomic E-state index is -0.373. The first-order valence-electron chi connectivity index (χ1n) is 8.58. The molecule has 0 atom stereocenters. The van der Waals surface area contributed by atoms with E-state index in [-0.39, 0.29) is 18.3 Å². The van der Waals surface area contributed by atoms with Gasteiger partial charge in [-0.15, -0.1) is 11.3 Å². The van der Waals surface area contributed by atoms with Crippen LogP contribution in [0, 0.1) is 6.92 Å². The molecule has 0 fully saturated rings. The monoisotopic (exact) mass is 382 g/mol. The number of thiophene rings is 1. The minimum absolute atomic E-state index is 0.0336. The van der Waals surface area contributed by atoms with E-state index < -0.39 is 0 Å². The largest absolute Gasteiger partial charge is 0.465 e. The Morgan fingerprint density at radius 2 is 2.19 bits per heavy atom. The van der Waals surface area contributed by atoms with Crippen molar-refractivity contribution in [2.24, 2.45) is 0 Å². The number of oxazole rings is 1. The average Bonchev–Trinajstić information content (AvgIpc) is 3.40. The highest BCUT2D eigenvalue weighted by Crippen LogP contribution is 2.31. The Balaban J connectivity index is 1.53. The molecule has 3 heterocycles. The number of hydrogen-bond acceptors (Lipinski definition) is 6. The van der Waals surface area contributed by atoms with Crippen molar-refractivity contribution in [2.75, 3.05) is 18.6 Å². The van der Waals surface area contributed by atoms with Crippen LogP contribution in [0.4, 0.5) is 5.69 Å². The molecular formula is C20H18N2O4S. The second kappa shape index (κ2) is 7.00. The first-order chi connectivity index (χ1) is 13.1. The van der Waals surface area contributed by atoms with Gasteiger partial charge in [-0.05, 0) is 48.6 Å². The van der Waals surface area contributed by atoms with Crippen molar-refractivity contribution in [3.05, 3.63) is 58.3 Å². The van der Waals surface area contributed by atoms with Crippen LogP contribution in [0.3, 0.4) is 0 Å². The lowest BCUT2D eigenvalue weighted by Gasteiger charge is -2.17. The van der Waals surface area contributed by atoms with E-state index in [4.69, 9.17) is 9.15 Å². The summed E-state index contributed by atoms with van der Waals surface area (Å²) in [4.78, 5) is 31.7. The summed E-state index contributed by atoms with van der Waals surface area (Å²) in [6, 6.07) is 9.17. The van der Waals surface area contributed by atoms with Gasteiger partial charge < -0.3 is 14.1 Å². The molecule has 138 valence electrons. The number of carbonyl (C=O) groups excluding carboxylic acids is 2. The summed E-state index contributed by atoms with van der Waals surface area (Å²) in [5.41, 5.74) is 2.97. The SMILES string of the molecule is COC(=O)c1ccc2c(c1)CCN2C(=O)Cc1nc(-c2cccs2)oc1C. The van der Waals surface area contributed by atoms with Crippen LogP contribution < -0.4 is 4.90 Å². The summed E-state index contributed by atoms with van der Waals surface area (Å²) in [7, 11) is 1.36. The zero-order valence-corrected chi connectivity index (χ0v) is 15.8. The zero-order valence-electron chi connectivity index (χ0n) is 15.0. The number of hydrogen-bond donors (Lipinski definition) is 0. The summed E-state index contributed by atoms with van der Waals surface area (Å²) in [5.74, 6) is 0.803. The summed E-state index contributed by atoms with van der Waals surface area (Å²) >= 11 is 1.55. The molecule has 2 aromatic heterocycles. The third-order valence-corrected chi connectivity index (χ3v) is 5.50. The number of carbonyl (C=O) groups is 2. The Bertz CT molecular complexity index is 1010. The summed E-state index contributed by atoms with van der Waals surface area (Å²) < 4.78 is 10.5. The smallest absolute Gasteiger partial charge is 0.337 e. The summed E-state index contributed by atoms with van der Waals surface area (Å²) in [6.07, 6.45) is 0.892. The number of nitrogens with zero attached hydrogens (tertiary/aromatic N) is 2. The first kappa shape index (κ1) is 17.5. The normalized spacial score (nSPS) is 12.9. The van der Waals surface area contributed by atoms with E-state index in [2.05, 4.69) is 4.98 Å². The fraction of sp³-hybridized carbons (Fsp3) is 0.250. The molecule has 0 bridgehead atoms. The maximum atomic E-state index is 12.9. The summed E-state index contributed by atoms with van der Waals surface area (Å²) in [5, 5.41) is 1.96. The van der Waals surface area contributed by atoms with Crippen molar-refractivity contribution in [2.45, 2.75) is 19.8 Å². The van der Waals surface area contributed by atoms with Crippen LogP contribution in [0.25, 0.3) is 10.8 Å². The topological polar surface area (TPSA) is 72.6 Å². The van der Waals surface area contributed by atoms with Gasteiger partial charge in [-0.1, -0.05) is 6.07 Å². The van der Waals surface area contributed by atoms with Crippen molar-refractivity contribution < 1.29 is 18.7 Å². The Hall–Kier alpha value is -2.93. The van der Waals surface area contributed by atoms with Crippen LogP contribution in [-0.2, 0) is 22.4 Å². The van der Waals surface area contributed by atoms with E-state index in [1.165, 1.54) is 7.11 Å². The maximum absolute atomic E-state index is 12.9. The number of aromatic nitrogens is 1. The van der Waals surface area contributed by atoms with Gasteiger partial charge in [0.05, 0.1) is 29.7 Å². The van der Waals surface area contributed by atoms with Gasteiger partial charge in [-0.25, -0.2) is 9.78 Å². The molecule has 0 radical (unpaired) electrons. The van der Waals surface area contributed by atoms with Gasteiger partial charge in [0.15, 0.2) is 0 Å². The molecule has 3 aromatic rings. The van der Waals surface area contributed by atoms with Gasteiger partial charge in [0.1, 0.15) is 5.76 Å². The van der Waals surface area contributed by atoms with Gasteiger partial charge in [0, 0.05) is 12.2 Å². The third-order valence-electron chi connectivity index (χ3n) is 4.64. The number of methoxy groups -OCH3 is 1. The lowest BCUT2D eigenvalue weighted by Crippen LogP contribution is -2.30. The number of amides is 1. The molecule has 27 heavy (non-hydrogen) atoms. The van der Waals surface area contributed by atoms with E-state index in [0.717, 1.165) is 16.1 Å². The lowest BCUT2D eigenvalue weighted by atomic mass is 10.1. The third kappa shape index (κ3) is 3.26. The predicted octanol–water partition coefficient (Wildman–Crippen LogP) is 3.63. The van der Waals surface area contributed by atoms with E-state index in [9.17, 15) is 9.59 Å². The van der Waals surface area contributed by atoms with Gasteiger partial charge >= 0.3 is 5.97 Å². The summed E-state index contributed by atoms with van der Waals surface area (Å²) in [6.45, 7) is 2.42. The van der Waals surface area contributed by atoms with E-state index in [1.54, 1.807) is 34.4 Å². The van der Waals surface area contributed by atoms with E-state index in [0.29, 0.717) is 35.9 Å². The van der Waals surface area contributed by atoms with Crippen LogP contribution in [-0.4, -0.2) is 30.5 Å². The number of fused-ring (bicyclic) bond motifs is 1. The van der Waals surface area contributed by atoms with Gasteiger partial charge in [0.2, 0.25) is 11.8 Å². The van der Waals surface area contributed by atoms with Crippen LogP contribution >= 0.6 is 11.3 Å². The number of anilines is 1. The Kier molecular flexibility index (Phi) is 4.53. The first-order valence-corrected chi connectivity index (χ1v) is 9.46. The lowest BCUT2D eigenvalue weighted by molar-refractivity contribution is -0.117. The molecule has 0 spiro atoms. The molecule has 1 aliphatic heterocycles. The second-order valence-corrected chi connectivity index (χ2v) is 7.25. The average molecular weight is 382 g/mol. The highest BCUT2D eigenvalue weighted by Gasteiger charge is 2.27. The van der Waals surface area contributed by atoms with Gasteiger partial charge in [-0.2, -0.15) is 0 Å². The number of aryl methyl sites for hydroxylation is 1. The fourth-order valence-corrected chi connectivity index (χ4v) is 3.89. The van der Waals surface area contributed by atoms with Crippen LogP contribution in [0.2, 0.25) is 0 Å². The molecular weight excluding hydrogens is 364 g/mol. The second-order valence-electron chi connectivity index (χ2n) is 6.31. The molecule has 4 rings (SSSR count). The minimum Gasteiger partial charge on any atom is -0.465 e. The number of ether oxygens (including phenoxy) is 1. The van der Waals surface area contributed by atoms with Gasteiger partial charge in [-0.3, -0.25) is 4.79 Å². The molecule has 0 saturated heterocycles. The fourth-order valence-electron chi connectivity index (χ4n) is 3.24. The highest BCUT2D eigenvalue weighted by atomic mass is 32.1. The Morgan fingerprint density at radius 3 is 2.93 bits per heavy atom. The van der Waals surface area contributed by atoms with Crippen molar-refractivity contribution >= 4 is 28.9 Å². The van der Waals surface area contributed by atoms with Crippen molar-refractivity contribution in [3.8, 4) is 10.8 Å². The molecule has 6 nitrogen and oxygen atoms in total. The Labute approximate surface area is 160 Å². The molecule has 1 amide bonds. The van der Waals surface area contributed by atoms with Crippen molar-refractivity contribution in [3.63, 3.8) is 0 Å². The predicted molar refractivity (Wildman–Crippen MR) is 102 cm³/mol. The van der Waals surface area contributed by atoms with Crippen molar-refractivity contribution in [1.82, 2.24) is 4.98 Å². The van der Waals surface area contributed by atoms with E-state index in [1.807, 2.05) is 24.4 Å². The highest BCUT2D eigenvalue weighted by molar-refractivity contribution is 7.13. The molecule has 0 N–H and O–H groups in total. The standard InChI is InChI=1S/C20H18N2O4S/c1-12-15(21-19(26-12)17-4-3-9-27-17)11-18(23)22-8-7-13-10-14(20(24)25-2)5-6-16(13)22/h3-6,9-10H,7-8,11H2,1-2H3. The molecule has 0 saturated carbocycles. The molecule has 1 aliphatic rings. The molecule has 7 heteroatoms.